The van der Waals surface area contributed by atoms with Crippen LogP contribution in [0.4, 0.5) is 0 Å². The molecule has 2 aliphatic heterocycles. The molecule has 2 aliphatic rings. The van der Waals surface area contributed by atoms with Crippen molar-refractivity contribution >= 4 is 16.9 Å². The average Bonchev–Trinajstić information content (AvgIpc) is 3.17. The standard InChI is InChI=1S/C29H28N3O4.ClH/c1-4-29(35)13-26(33)36-16-22-23(29)12-25-27-21(15-32(25)28(22)34)20(14-31-9-7-17(2)8-10-31)19-11-18(3)5-6-24(19)30-27;/h5-12,35H,4,13-16H2,1-3H3;1H/q+1;/p-1. The molecule has 1 unspecified atom stereocenters. The van der Waals surface area contributed by atoms with E-state index in [0.717, 1.165) is 33.3 Å². The maximum Gasteiger partial charge on any atom is 0.309 e. The second-order valence-corrected chi connectivity index (χ2v) is 10.0. The molecule has 0 saturated carbocycles. The number of fused-ring (bicyclic) bond motifs is 5. The highest BCUT2D eigenvalue weighted by atomic mass is 35.5. The first-order valence-corrected chi connectivity index (χ1v) is 12.3. The number of hydrogen-bond donors (Lipinski definition) is 1. The lowest BCUT2D eigenvalue weighted by Crippen LogP contribution is -3.00. The fourth-order valence-electron chi connectivity index (χ4n) is 5.47. The summed E-state index contributed by atoms with van der Waals surface area (Å²) in [6.07, 6.45) is 4.25. The van der Waals surface area contributed by atoms with Crippen LogP contribution in [0.1, 0.15) is 53.1 Å². The molecule has 0 aliphatic carbocycles. The topological polar surface area (TPSA) is 85.3 Å². The van der Waals surface area contributed by atoms with E-state index in [1.807, 2.05) is 25.1 Å². The van der Waals surface area contributed by atoms with Crippen molar-refractivity contribution in [1.29, 1.82) is 0 Å². The van der Waals surface area contributed by atoms with Crippen LogP contribution in [-0.2, 0) is 34.8 Å². The van der Waals surface area contributed by atoms with Gasteiger partial charge in [-0.2, -0.15) is 0 Å². The van der Waals surface area contributed by atoms with E-state index in [2.05, 4.69) is 49.0 Å². The smallest absolute Gasteiger partial charge is 0.309 e. The predicted octanol–water partition coefficient (Wildman–Crippen LogP) is 0.426. The lowest BCUT2D eigenvalue weighted by Gasteiger charge is -2.26. The highest BCUT2D eigenvalue weighted by Gasteiger charge is 2.40. The third-order valence-electron chi connectivity index (χ3n) is 7.62. The summed E-state index contributed by atoms with van der Waals surface area (Å²) in [7, 11) is 0. The van der Waals surface area contributed by atoms with Crippen molar-refractivity contribution in [2.24, 2.45) is 0 Å². The van der Waals surface area contributed by atoms with E-state index in [0.29, 0.717) is 36.3 Å². The van der Waals surface area contributed by atoms with Gasteiger partial charge in [-0.3, -0.25) is 9.59 Å². The Hall–Kier alpha value is -3.55. The number of esters is 1. The zero-order valence-corrected chi connectivity index (χ0v) is 21.8. The Labute approximate surface area is 220 Å². The Kier molecular flexibility index (Phi) is 6.16. The Morgan fingerprint density at radius 2 is 1.84 bits per heavy atom. The molecule has 0 bridgehead atoms. The summed E-state index contributed by atoms with van der Waals surface area (Å²) in [5, 5.41) is 12.5. The second-order valence-electron chi connectivity index (χ2n) is 10.0. The van der Waals surface area contributed by atoms with E-state index in [4.69, 9.17) is 9.72 Å². The molecule has 0 radical (unpaired) electrons. The fraction of sp³-hybridized carbons (Fsp3) is 0.310. The van der Waals surface area contributed by atoms with Crippen molar-refractivity contribution < 1.29 is 31.6 Å². The monoisotopic (exact) mass is 517 g/mol. The SMILES string of the molecule is CCC1(O)CC(=O)OCc2c1cc1n(c2=O)Cc2c-1nc1ccc(C)cc1c2C[n+]1ccc(C)cc1.[Cl-]. The zero-order valence-electron chi connectivity index (χ0n) is 21.0. The van der Waals surface area contributed by atoms with E-state index in [9.17, 15) is 14.7 Å². The quantitative estimate of drug-likeness (QED) is 0.277. The molecule has 37 heavy (non-hydrogen) atoms. The summed E-state index contributed by atoms with van der Waals surface area (Å²) >= 11 is 0. The third-order valence-corrected chi connectivity index (χ3v) is 7.62. The van der Waals surface area contributed by atoms with Gasteiger partial charge in [0.1, 0.15) is 12.2 Å². The highest BCUT2D eigenvalue weighted by Crippen LogP contribution is 2.40. The number of carbonyl (C=O) groups excluding carboxylic acids is 1. The molecule has 8 heteroatoms. The summed E-state index contributed by atoms with van der Waals surface area (Å²) in [6, 6.07) is 12.2. The Bertz CT molecular complexity index is 1630. The Morgan fingerprint density at radius 1 is 1.08 bits per heavy atom. The summed E-state index contributed by atoms with van der Waals surface area (Å²) in [5.74, 6) is -0.502. The normalized spacial score (nSPS) is 17.9. The predicted molar refractivity (Wildman–Crippen MR) is 134 cm³/mol. The van der Waals surface area contributed by atoms with E-state index < -0.39 is 11.6 Å². The number of carbonyl (C=O) groups is 1. The average molecular weight is 518 g/mol. The summed E-state index contributed by atoms with van der Waals surface area (Å²) in [6.45, 7) is 6.84. The highest BCUT2D eigenvalue weighted by molar-refractivity contribution is 5.88. The molecule has 0 saturated heterocycles. The third kappa shape index (κ3) is 4.03. The van der Waals surface area contributed by atoms with Gasteiger partial charge in [0.05, 0.1) is 35.4 Å². The lowest BCUT2D eigenvalue weighted by atomic mass is 9.85. The lowest BCUT2D eigenvalue weighted by molar-refractivity contribution is -0.688. The van der Waals surface area contributed by atoms with Crippen LogP contribution in [0.2, 0.25) is 0 Å². The van der Waals surface area contributed by atoms with E-state index in [1.54, 1.807) is 4.57 Å². The van der Waals surface area contributed by atoms with Crippen molar-refractivity contribution in [3.63, 3.8) is 0 Å². The van der Waals surface area contributed by atoms with Crippen LogP contribution >= 0.6 is 0 Å². The molecule has 4 aromatic rings. The second kappa shape index (κ2) is 9.08. The molecule has 6 rings (SSSR count). The van der Waals surface area contributed by atoms with Crippen LogP contribution in [0.25, 0.3) is 22.3 Å². The van der Waals surface area contributed by atoms with Gasteiger partial charge in [0.15, 0.2) is 18.9 Å². The minimum absolute atomic E-state index is 0. The largest absolute Gasteiger partial charge is 1.00 e. The van der Waals surface area contributed by atoms with Gasteiger partial charge in [-0.05, 0) is 49.6 Å². The number of hydrogen-bond acceptors (Lipinski definition) is 5. The number of aromatic nitrogens is 3. The number of aliphatic hydroxyl groups is 1. The number of ether oxygens (including phenoxy) is 1. The summed E-state index contributed by atoms with van der Waals surface area (Å²) in [5.41, 5.74) is 5.89. The van der Waals surface area contributed by atoms with Crippen molar-refractivity contribution in [3.8, 4) is 11.4 Å². The first kappa shape index (κ1) is 25.1. The number of halogens is 1. The Balaban J connectivity index is 0.00000280. The van der Waals surface area contributed by atoms with Crippen molar-refractivity contribution in [1.82, 2.24) is 9.55 Å². The van der Waals surface area contributed by atoms with Crippen molar-refractivity contribution in [2.75, 3.05) is 0 Å². The number of rotatable bonds is 3. The van der Waals surface area contributed by atoms with Crippen LogP contribution in [0, 0.1) is 13.8 Å². The van der Waals surface area contributed by atoms with Gasteiger partial charge < -0.3 is 26.8 Å². The van der Waals surface area contributed by atoms with E-state index >= 15 is 0 Å². The van der Waals surface area contributed by atoms with Gasteiger partial charge in [-0.25, -0.2) is 9.55 Å². The molecule has 7 nitrogen and oxygen atoms in total. The van der Waals surface area contributed by atoms with Gasteiger partial charge in [0.2, 0.25) is 0 Å². The van der Waals surface area contributed by atoms with E-state index in [-0.39, 0.29) is 31.0 Å². The van der Waals surface area contributed by atoms with Gasteiger partial charge >= 0.3 is 5.97 Å². The number of aryl methyl sites for hydroxylation is 2. The molecule has 3 aromatic heterocycles. The summed E-state index contributed by atoms with van der Waals surface area (Å²) < 4.78 is 9.15. The first-order chi connectivity index (χ1) is 17.3. The van der Waals surface area contributed by atoms with Crippen LogP contribution in [-0.4, -0.2) is 20.6 Å². The molecule has 5 heterocycles. The number of nitrogens with zero attached hydrogens (tertiary/aromatic N) is 3. The maximum absolute atomic E-state index is 13.7. The summed E-state index contributed by atoms with van der Waals surface area (Å²) in [4.78, 5) is 30.9. The van der Waals surface area contributed by atoms with Crippen LogP contribution in [0.3, 0.4) is 0 Å². The first-order valence-electron chi connectivity index (χ1n) is 12.3. The van der Waals surface area contributed by atoms with E-state index in [1.165, 1.54) is 5.56 Å². The zero-order chi connectivity index (χ0) is 25.2. The molecule has 190 valence electrons. The molecule has 1 atom stereocenters. The van der Waals surface area contributed by atoms with Gasteiger partial charge in [0, 0.05) is 28.6 Å². The Morgan fingerprint density at radius 3 is 2.57 bits per heavy atom. The maximum atomic E-state index is 13.7. The molecule has 0 amide bonds. The van der Waals surface area contributed by atoms with Crippen molar-refractivity contribution in [3.05, 3.63) is 92.5 Å². The van der Waals surface area contributed by atoms with Crippen LogP contribution in [0.5, 0.6) is 0 Å². The molecular weight excluding hydrogens is 490 g/mol. The molecule has 1 N–H and O–H groups in total. The molecule has 0 spiro atoms. The number of benzene rings is 1. The van der Waals surface area contributed by atoms with Crippen LogP contribution in [0.15, 0.2) is 53.6 Å². The van der Waals surface area contributed by atoms with Gasteiger partial charge in [-0.15, -0.1) is 0 Å². The molecule has 1 aromatic carbocycles. The fourth-order valence-corrected chi connectivity index (χ4v) is 5.47. The van der Waals surface area contributed by atoms with Crippen molar-refractivity contribution in [2.45, 2.75) is 58.9 Å². The van der Waals surface area contributed by atoms with Gasteiger partial charge in [0.25, 0.3) is 5.56 Å². The minimum Gasteiger partial charge on any atom is -1.00 e. The molecular formula is C29H28ClN3O4. The molecule has 0 fully saturated rings. The number of pyridine rings is 3. The minimum atomic E-state index is -1.45. The van der Waals surface area contributed by atoms with Crippen LogP contribution < -0.4 is 22.5 Å². The van der Waals surface area contributed by atoms with Gasteiger partial charge in [-0.1, -0.05) is 18.6 Å². The number of cyclic esters (lactones) is 1.